The summed E-state index contributed by atoms with van der Waals surface area (Å²) in [7, 11) is 1.50. The molecule has 10 nitrogen and oxygen atoms in total. The van der Waals surface area contributed by atoms with Crippen LogP contribution in [0.5, 0.6) is 11.5 Å². The van der Waals surface area contributed by atoms with E-state index in [1.165, 1.54) is 21.0 Å². The molecule has 0 saturated heterocycles. The van der Waals surface area contributed by atoms with Gasteiger partial charge in [-0.3, -0.25) is 19.2 Å². The van der Waals surface area contributed by atoms with Crippen molar-refractivity contribution in [1.82, 2.24) is 5.32 Å². The summed E-state index contributed by atoms with van der Waals surface area (Å²) >= 11 is 0. The van der Waals surface area contributed by atoms with E-state index in [9.17, 15) is 24.3 Å². The topological polar surface area (TPSA) is 147 Å². The SMILES string of the molecule is COc1ccc(C(=O)C(NCCC(=O)Nc2ccc(NC(C)=O)cc2)c2oc(C)cc(=O)c2O)cc1. The molecule has 0 aliphatic rings. The number of carbonyl (C=O) groups excluding carboxylic acids is 3. The Bertz CT molecular complexity index is 1300. The highest BCUT2D eigenvalue weighted by atomic mass is 16.5. The molecule has 3 rings (SSSR count). The van der Waals surface area contributed by atoms with Crippen LogP contribution in [0, 0.1) is 6.92 Å². The Morgan fingerprint density at radius 2 is 1.61 bits per heavy atom. The summed E-state index contributed by atoms with van der Waals surface area (Å²) in [4.78, 5) is 49.0. The fourth-order valence-electron chi connectivity index (χ4n) is 3.44. The minimum atomic E-state index is -1.21. The van der Waals surface area contributed by atoms with Crippen LogP contribution in [0.4, 0.5) is 11.4 Å². The van der Waals surface area contributed by atoms with Crippen molar-refractivity contribution in [2.75, 3.05) is 24.3 Å². The number of ketones is 1. The predicted molar refractivity (Wildman–Crippen MR) is 133 cm³/mol. The summed E-state index contributed by atoms with van der Waals surface area (Å²) in [5.74, 6) is -1.12. The minimum absolute atomic E-state index is 0.0172. The van der Waals surface area contributed by atoms with Gasteiger partial charge in [0.25, 0.3) is 0 Å². The van der Waals surface area contributed by atoms with Crippen molar-refractivity contribution in [3.8, 4) is 11.5 Å². The zero-order chi connectivity index (χ0) is 26.2. The van der Waals surface area contributed by atoms with E-state index in [-0.39, 0.29) is 36.3 Å². The van der Waals surface area contributed by atoms with Gasteiger partial charge in [0.05, 0.1) is 7.11 Å². The zero-order valence-electron chi connectivity index (χ0n) is 20.1. The number of aromatic hydroxyl groups is 1. The first-order valence-electron chi connectivity index (χ1n) is 11.1. The van der Waals surface area contributed by atoms with Crippen LogP contribution in [0.1, 0.15) is 41.3 Å². The average molecular weight is 494 g/mol. The predicted octanol–water partition coefficient (Wildman–Crippen LogP) is 3.16. The fourth-order valence-corrected chi connectivity index (χ4v) is 3.44. The standard InChI is InChI=1S/C26H27N3O7/c1-15-14-21(31)25(34)26(36-15)23(24(33)17-4-10-20(35-3)11-5-17)27-13-12-22(32)29-19-8-6-18(7-9-19)28-16(2)30/h4-11,14,23,27,34H,12-13H2,1-3H3,(H,28,30)(H,29,32). The van der Waals surface area contributed by atoms with Gasteiger partial charge >= 0.3 is 0 Å². The number of hydrogen-bond donors (Lipinski definition) is 4. The molecule has 36 heavy (non-hydrogen) atoms. The average Bonchev–Trinajstić information content (AvgIpc) is 2.85. The quantitative estimate of drug-likeness (QED) is 0.315. The first kappa shape index (κ1) is 26.2. The third-order valence-electron chi connectivity index (χ3n) is 5.16. The number of carbonyl (C=O) groups is 3. The molecule has 0 aliphatic heterocycles. The van der Waals surface area contributed by atoms with Crippen LogP contribution in [-0.4, -0.2) is 36.4 Å². The van der Waals surface area contributed by atoms with Crippen molar-refractivity contribution in [3.63, 3.8) is 0 Å². The number of amides is 2. The molecule has 10 heteroatoms. The summed E-state index contributed by atoms with van der Waals surface area (Å²) in [5.41, 5.74) is 0.743. The summed E-state index contributed by atoms with van der Waals surface area (Å²) in [5, 5.41) is 18.6. The molecule has 2 amide bonds. The van der Waals surface area contributed by atoms with Gasteiger partial charge in [0.15, 0.2) is 11.5 Å². The van der Waals surface area contributed by atoms with Gasteiger partial charge in [0.1, 0.15) is 17.6 Å². The maximum atomic E-state index is 13.3. The van der Waals surface area contributed by atoms with Gasteiger partial charge in [-0.05, 0) is 55.5 Å². The third-order valence-corrected chi connectivity index (χ3v) is 5.16. The molecule has 0 bridgehead atoms. The molecule has 0 aliphatic carbocycles. The number of nitrogens with one attached hydrogen (secondary N) is 3. The smallest absolute Gasteiger partial charge is 0.227 e. The number of rotatable bonds is 10. The minimum Gasteiger partial charge on any atom is -0.502 e. The monoisotopic (exact) mass is 493 g/mol. The van der Waals surface area contributed by atoms with Crippen LogP contribution < -0.4 is 26.1 Å². The van der Waals surface area contributed by atoms with Gasteiger partial charge in [-0.2, -0.15) is 0 Å². The summed E-state index contributed by atoms with van der Waals surface area (Å²) in [6.07, 6.45) is -0.0172. The maximum absolute atomic E-state index is 13.3. The Morgan fingerprint density at radius 3 is 2.19 bits per heavy atom. The number of aryl methyl sites for hydroxylation is 1. The molecule has 0 radical (unpaired) electrons. The van der Waals surface area contributed by atoms with Crippen LogP contribution in [0.3, 0.4) is 0 Å². The van der Waals surface area contributed by atoms with Crippen LogP contribution in [0.15, 0.2) is 63.8 Å². The first-order chi connectivity index (χ1) is 17.2. The van der Waals surface area contributed by atoms with Crippen LogP contribution in [0.25, 0.3) is 0 Å². The highest BCUT2D eigenvalue weighted by Gasteiger charge is 2.28. The Kier molecular flexibility index (Phi) is 8.58. The van der Waals surface area contributed by atoms with Crippen molar-refractivity contribution in [2.24, 2.45) is 0 Å². The second-order valence-corrected chi connectivity index (χ2v) is 7.97. The second kappa shape index (κ2) is 11.8. The fraction of sp³-hybridized carbons (Fsp3) is 0.231. The highest BCUT2D eigenvalue weighted by molar-refractivity contribution is 6.00. The van der Waals surface area contributed by atoms with Gasteiger partial charge in [0, 0.05) is 42.9 Å². The molecule has 0 saturated carbocycles. The van der Waals surface area contributed by atoms with Crippen LogP contribution in [0.2, 0.25) is 0 Å². The van der Waals surface area contributed by atoms with Crippen molar-refractivity contribution in [3.05, 3.63) is 81.9 Å². The molecule has 4 N–H and O–H groups in total. The molecule has 1 atom stereocenters. The number of Topliss-reactive ketones (excluding diaryl/α,β-unsaturated/α-hetero) is 1. The van der Waals surface area contributed by atoms with E-state index in [0.717, 1.165) is 6.07 Å². The number of ether oxygens (including phenoxy) is 1. The van der Waals surface area contributed by atoms with Crippen molar-refractivity contribution < 1.29 is 28.6 Å². The second-order valence-electron chi connectivity index (χ2n) is 7.97. The van der Waals surface area contributed by atoms with E-state index in [4.69, 9.17) is 9.15 Å². The van der Waals surface area contributed by atoms with E-state index in [0.29, 0.717) is 22.7 Å². The molecule has 2 aromatic carbocycles. The summed E-state index contributed by atoms with van der Waals surface area (Å²) in [6.45, 7) is 2.97. The number of benzene rings is 2. The molecule has 188 valence electrons. The lowest BCUT2D eigenvalue weighted by molar-refractivity contribution is -0.116. The van der Waals surface area contributed by atoms with Crippen molar-refractivity contribution >= 4 is 29.0 Å². The van der Waals surface area contributed by atoms with Gasteiger partial charge < -0.3 is 30.2 Å². The van der Waals surface area contributed by atoms with E-state index in [1.54, 1.807) is 48.5 Å². The lowest BCUT2D eigenvalue weighted by Gasteiger charge is -2.18. The highest BCUT2D eigenvalue weighted by Crippen LogP contribution is 2.26. The molecule has 3 aromatic rings. The molecular formula is C26H27N3O7. The Labute approximate surface area is 207 Å². The Morgan fingerprint density at radius 1 is 1.00 bits per heavy atom. The number of methoxy groups -OCH3 is 1. The lowest BCUT2D eigenvalue weighted by atomic mass is 10.0. The lowest BCUT2D eigenvalue weighted by Crippen LogP contribution is -2.32. The molecule has 0 spiro atoms. The zero-order valence-corrected chi connectivity index (χ0v) is 20.1. The van der Waals surface area contributed by atoms with Crippen LogP contribution >= 0.6 is 0 Å². The Hall–Kier alpha value is -4.44. The van der Waals surface area contributed by atoms with Crippen LogP contribution in [-0.2, 0) is 9.59 Å². The Balaban J connectivity index is 1.72. The van der Waals surface area contributed by atoms with Gasteiger partial charge in [-0.25, -0.2) is 0 Å². The van der Waals surface area contributed by atoms with E-state index in [1.807, 2.05) is 0 Å². The van der Waals surface area contributed by atoms with E-state index >= 15 is 0 Å². The van der Waals surface area contributed by atoms with Crippen molar-refractivity contribution in [1.29, 1.82) is 0 Å². The number of hydrogen-bond acceptors (Lipinski definition) is 8. The molecule has 1 heterocycles. The van der Waals surface area contributed by atoms with Crippen molar-refractivity contribution in [2.45, 2.75) is 26.3 Å². The molecule has 0 fully saturated rings. The molecular weight excluding hydrogens is 466 g/mol. The normalized spacial score (nSPS) is 11.4. The number of anilines is 2. The largest absolute Gasteiger partial charge is 0.502 e. The maximum Gasteiger partial charge on any atom is 0.227 e. The summed E-state index contributed by atoms with van der Waals surface area (Å²) < 4.78 is 10.7. The van der Waals surface area contributed by atoms with Gasteiger partial charge in [-0.15, -0.1) is 0 Å². The molecule has 1 unspecified atom stereocenters. The first-order valence-corrected chi connectivity index (χ1v) is 11.1. The van der Waals surface area contributed by atoms with E-state index < -0.39 is 23.0 Å². The van der Waals surface area contributed by atoms with E-state index in [2.05, 4.69) is 16.0 Å². The van der Waals surface area contributed by atoms with Gasteiger partial charge in [0.2, 0.25) is 23.0 Å². The van der Waals surface area contributed by atoms with Gasteiger partial charge in [-0.1, -0.05) is 0 Å². The summed E-state index contributed by atoms with van der Waals surface area (Å²) in [6, 6.07) is 12.8. The molecule has 1 aromatic heterocycles. The third kappa shape index (κ3) is 6.80.